The SMILES string of the molecule is NCc1ccc(N([C]=O)Cc2ccccc2)cc1. The van der Waals surface area contributed by atoms with Gasteiger partial charge in [0.1, 0.15) is 0 Å². The smallest absolute Gasteiger partial charge is 0.317 e. The van der Waals surface area contributed by atoms with E-state index in [0.29, 0.717) is 13.1 Å². The van der Waals surface area contributed by atoms with E-state index in [1.54, 1.807) is 4.90 Å². The number of hydrogen-bond acceptors (Lipinski definition) is 2. The van der Waals surface area contributed by atoms with Crippen molar-refractivity contribution in [1.82, 2.24) is 0 Å². The highest BCUT2D eigenvalue weighted by molar-refractivity contribution is 5.75. The highest BCUT2D eigenvalue weighted by Gasteiger charge is 2.06. The van der Waals surface area contributed by atoms with Gasteiger partial charge in [-0.2, -0.15) is 0 Å². The van der Waals surface area contributed by atoms with Crippen LogP contribution in [0.4, 0.5) is 5.69 Å². The Morgan fingerprint density at radius 3 is 2.17 bits per heavy atom. The summed E-state index contributed by atoms with van der Waals surface area (Å²) in [7, 11) is 0. The normalized spacial score (nSPS) is 10.1. The number of benzene rings is 2. The Labute approximate surface area is 107 Å². The topological polar surface area (TPSA) is 46.3 Å². The van der Waals surface area contributed by atoms with Crippen LogP contribution in [0.15, 0.2) is 54.6 Å². The van der Waals surface area contributed by atoms with E-state index in [9.17, 15) is 4.79 Å². The molecule has 3 nitrogen and oxygen atoms in total. The fraction of sp³-hybridized carbons (Fsp3) is 0.133. The third-order valence-corrected chi connectivity index (χ3v) is 2.78. The molecule has 0 bridgehead atoms. The lowest BCUT2D eigenvalue weighted by Crippen LogP contribution is -2.20. The number of nitrogens with two attached hydrogens (primary N) is 1. The van der Waals surface area contributed by atoms with Crippen molar-refractivity contribution in [3.05, 3.63) is 65.7 Å². The molecule has 0 aliphatic carbocycles. The molecule has 0 aromatic heterocycles. The molecule has 0 aliphatic rings. The van der Waals surface area contributed by atoms with E-state index in [1.807, 2.05) is 61.0 Å². The predicted octanol–water partition coefficient (Wildman–Crippen LogP) is 2.22. The van der Waals surface area contributed by atoms with Gasteiger partial charge in [-0.15, -0.1) is 0 Å². The third kappa shape index (κ3) is 2.96. The van der Waals surface area contributed by atoms with Crippen LogP contribution in [-0.4, -0.2) is 6.41 Å². The first-order chi connectivity index (χ1) is 8.83. The first-order valence-corrected chi connectivity index (χ1v) is 5.81. The summed E-state index contributed by atoms with van der Waals surface area (Å²) in [5.41, 5.74) is 8.48. The highest BCUT2D eigenvalue weighted by Crippen LogP contribution is 2.16. The van der Waals surface area contributed by atoms with Gasteiger partial charge in [0.2, 0.25) is 0 Å². The van der Waals surface area contributed by atoms with E-state index in [-0.39, 0.29) is 0 Å². The van der Waals surface area contributed by atoms with Crippen molar-refractivity contribution < 1.29 is 4.79 Å². The Morgan fingerprint density at radius 1 is 0.944 bits per heavy atom. The second-order valence-electron chi connectivity index (χ2n) is 4.03. The summed E-state index contributed by atoms with van der Waals surface area (Å²) in [5, 5.41) is 0. The summed E-state index contributed by atoms with van der Waals surface area (Å²) < 4.78 is 0. The first kappa shape index (κ1) is 12.3. The Hall–Kier alpha value is -2.13. The largest absolute Gasteiger partial charge is 0.326 e. The summed E-state index contributed by atoms with van der Waals surface area (Å²) in [6, 6.07) is 17.4. The number of anilines is 1. The van der Waals surface area contributed by atoms with Gasteiger partial charge >= 0.3 is 6.41 Å². The lowest BCUT2D eigenvalue weighted by atomic mass is 10.1. The molecule has 0 spiro atoms. The summed E-state index contributed by atoms with van der Waals surface area (Å²) in [5.74, 6) is 0. The standard InChI is InChI=1S/C15H15N2O/c16-10-13-6-8-15(9-7-13)17(12-18)11-14-4-2-1-3-5-14/h1-9H,10-11,16H2. The van der Waals surface area contributed by atoms with Crippen LogP contribution in [0.25, 0.3) is 0 Å². The fourth-order valence-electron chi connectivity index (χ4n) is 1.75. The lowest BCUT2D eigenvalue weighted by Gasteiger charge is -2.16. The highest BCUT2D eigenvalue weighted by atomic mass is 16.1. The van der Waals surface area contributed by atoms with Gasteiger partial charge in [-0.25, -0.2) is 0 Å². The van der Waals surface area contributed by atoms with Crippen molar-refractivity contribution >= 4 is 12.1 Å². The molecule has 1 radical (unpaired) electrons. The van der Waals surface area contributed by atoms with Crippen LogP contribution >= 0.6 is 0 Å². The number of amides is 1. The van der Waals surface area contributed by atoms with Crippen LogP contribution < -0.4 is 10.6 Å². The van der Waals surface area contributed by atoms with E-state index in [2.05, 4.69) is 0 Å². The Kier molecular flexibility index (Phi) is 4.10. The van der Waals surface area contributed by atoms with E-state index in [4.69, 9.17) is 5.73 Å². The van der Waals surface area contributed by atoms with E-state index >= 15 is 0 Å². The number of carbonyl (C=O) groups excluding carboxylic acids is 1. The maximum atomic E-state index is 11.0. The van der Waals surface area contributed by atoms with Crippen molar-refractivity contribution in [1.29, 1.82) is 0 Å². The molecule has 2 aromatic rings. The Bertz CT molecular complexity index is 494. The maximum absolute atomic E-state index is 11.0. The summed E-state index contributed by atoms with van der Waals surface area (Å²) in [4.78, 5) is 12.6. The molecule has 0 saturated carbocycles. The van der Waals surface area contributed by atoms with Gasteiger partial charge in [0, 0.05) is 12.2 Å². The van der Waals surface area contributed by atoms with Gasteiger partial charge < -0.3 is 5.73 Å². The van der Waals surface area contributed by atoms with Gasteiger partial charge in [0.05, 0.1) is 6.54 Å². The molecule has 91 valence electrons. The minimum Gasteiger partial charge on any atom is -0.326 e. The van der Waals surface area contributed by atoms with Crippen molar-refractivity contribution in [3.63, 3.8) is 0 Å². The van der Waals surface area contributed by atoms with Crippen molar-refractivity contribution in [2.24, 2.45) is 5.73 Å². The van der Waals surface area contributed by atoms with Crippen LogP contribution in [0, 0.1) is 0 Å². The molecule has 2 N–H and O–H groups in total. The Morgan fingerprint density at radius 2 is 1.61 bits per heavy atom. The van der Waals surface area contributed by atoms with Gasteiger partial charge in [0.25, 0.3) is 0 Å². The van der Waals surface area contributed by atoms with Gasteiger partial charge in [-0.1, -0.05) is 42.5 Å². The molecule has 0 aliphatic heterocycles. The molecule has 18 heavy (non-hydrogen) atoms. The van der Waals surface area contributed by atoms with Gasteiger partial charge in [-0.05, 0) is 23.3 Å². The molecule has 2 rings (SSSR count). The average Bonchev–Trinajstić information content (AvgIpc) is 2.46. The van der Waals surface area contributed by atoms with Gasteiger partial charge in [0.15, 0.2) is 0 Å². The maximum Gasteiger partial charge on any atom is 0.317 e. The Balaban J connectivity index is 2.15. The number of hydrogen-bond donors (Lipinski definition) is 1. The van der Waals surface area contributed by atoms with Crippen LogP contribution in [0.5, 0.6) is 0 Å². The molecule has 0 unspecified atom stereocenters. The summed E-state index contributed by atoms with van der Waals surface area (Å²) in [6.45, 7) is 1.02. The lowest BCUT2D eigenvalue weighted by molar-refractivity contribution is 0.551. The first-order valence-electron chi connectivity index (χ1n) is 5.81. The van der Waals surface area contributed by atoms with Crippen LogP contribution in [0.3, 0.4) is 0 Å². The molecular formula is C15H15N2O. The second-order valence-corrected chi connectivity index (χ2v) is 4.03. The molecule has 0 fully saturated rings. The van der Waals surface area contributed by atoms with E-state index in [0.717, 1.165) is 16.8 Å². The molecule has 0 heterocycles. The molecular weight excluding hydrogens is 224 g/mol. The van der Waals surface area contributed by atoms with Crippen molar-refractivity contribution in [2.45, 2.75) is 13.1 Å². The van der Waals surface area contributed by atoms with E-state index in [1.165, 1.54) is 0 Å². The second kappa shape index (κ2) is 5.98. The fourth-order valence-corrected chi connectivity index (χ4v) is 1.75. The van der Waals surface area contributed by atoms with Gasteiger partial charge in [-0.3, -0.25) is 9.69 Å². The van der Waals surface area contributed by atoms with Crippen LogP contribution in [0.2, 0.25) is 0 Å². The molecule has 3 heteroatoms. The van der Waals surface area contributed by atoms with Crippen molar-refractivity contribution in [2.75, 3.05) is 4.90 Å². The van der Waals surface area contributed by atoms with E-state index < -0.39 is 0 Å². The quantitative estimate of drug-likeness (QED) is 0.813. The predicted molar refractivity (Wildman–Crippen MR) is 72.7 cm³/mol. The molecule has 2 aromatic carbocycles. The molecule has 0 atom stereocenters. The molecule has 0 saturated heterocycles. The number of rotatable bonds is 5. The average molecular weight is 239 g/mol. The summed E-state index contributed by atoms with van der Waals surface area (Å²) >= 11 is 0. The summed E-state index contributed by atoms with van der Waals surface area (Å²) in [6.07, 6.45) is 1.96. The monoisotopic (exact) mass is 239 g/mol. The number of nitrogens with zero attached hydrogens (tertiary/aromatic N) is 1. The minimum absolute atomic E-state index is 0.504. The zero-order valence-electron chi connectivity index (χ0n) is 10.0. The van der Waals surface area contributed by atoms with Crippen LogP contribution in [0.1, 0.15) is 11.1 Å². The minimum atomic E-state index is 0.504. The van der Waals surface area contributed by atoms with Crippen molar-refractivity contribution in [3.8, 4) is 0 Å². The molecule has 1 amide bonds. The zero-order chi connectivity index (χ0) is 12.8. The zero-order valence-corrected chi connectivity index (χ0v) is 10.0. The van der Waals surface area contributed by atoms with Crippen LogP contribution in [-0.2, 0) is 17.9 Å². The third-order valence-electron chi connectivity index (χ3n) is 2.78.